The molecule has 108 valence electrons. The van der Waals surface area contributed by atoms with Gasteiger partial charge in [-0.2, -0.15) is 0 Å². The average Bonchev–Trinajstić information content (AvgIpc) is 2.36. The van der Waals surface area contributed by atoms with Gasteiger partial charge in [-0.1, -0.05) is 13.0 Å². The first-order valence-corrected chi connectivity index (χ1v) is 6.79. The minimum absolute atomic E-state index is 0.796. The Morgan fingerprint density at radius 3 is 2.28 bits per heavy atom. The van der Waals surface area contributed by atoms with Gasteiger partial charge in [-0.05, 0) is 34.5 Å². The Balaban J connectivity index is 4.36. The lowest BCUT2D eigenvalue weighted by Crippen LogP contribution is -2.41. The number of methoxy groups -OCH3 is 1. The third-order valence-electron chi connectivity index (χ3n) is 3.16. The molecule has 0 saturated carbocycles. The second kappa shape index (κ2) is 10.4. The highest BCUT2D eigenvalue weighted by atomic mass is 16.5. The fourth-order valence-corrected chi connectivity index (χ4v) is 1.65. The van der Waals surface area contributed by atoms with Crippen molar-refractivity contribution in [2.24, 2.45) is 0 Å². The first kappa shape index (κ1) is 17.4. The largest absolute Gasteiger partial charge is 0.383 e. The Hall–Kier alpha value is -0.580. The molecule has 0 aromatic heterocycles. The van der Waals surface area contributed by atoms with Crippen molar-refractivity contribution < 1.29 is 4.74 Å². The van der Waals surface area contributed by atoms with Gasteiger partial charge >= 0.3 is 0 Å². The monoisotopic (exact) mass is 257 g/mol. The smallest absolute Gasteiger partial charge is 0.0705 e. The molecule has 0 aliphatic rings. The Morgan fingerprint density at radius 2 is 1.83 bits per heavy atom. The summed E-state index contributed by atoms with van der Waals surface area (Å²) in [5.41, 5.74) is 1.34. The van der Waals surface area contributed by atoms with E-state index in [9.17, 15) is 0 Å². The number of hydrogen-bond acceptors (Lipinski definition) is 4. The van der Waals surface area contributed by atoms with Crippen molar-refractivity contribution in [3.8, 4) is 0 Å². The van der Waals surface area contributed by atoms with E-state index in [1.165, 1.54) is 5.70 Å². The van der Waals surface area contributed by atoms with Crippen molar-refractivity contribution in [2.75, 3.05) is 60.7 Å². The Kier molecular flexibility index (Phi) is 10.0. The van der Waals surface area contributed by atoms with Crippen molar-refractivity contribution in [1.29, 1.82) is 0 Å². The number of hydrogen-bond donors (Lipinski definition) is 0. The average molecular weight is 257 g/mol. The molecule has 0 aromatic carbocycles. The molecule has 4 nitrogen and oxygen atoms in total. The second-order valence-corrected chi connectivity index (χ2v) is 4.84. The minimum atomic E-state index is 0.796. The van der Waals surface area contributed by atoms with E-state index in [1.54, 1.807) is 7.11 Å². The van der Waals surface area contributed by atoms with Gasteiger partial charge in [-0.25, -0.2) is 0 Å². The second-order valence-electron chi connectivity index (χ2n) is 4.84. The van der Waals surface area contributed by atoms with Gasteiger partial charge in [0, 0.05) is 32.4 Å². The van der Waals surface area contributed by atoms with E-state index < -0.39 is 0 Å². The molecule has 0 aliphatic carbocycles. The molecule has 0 radical (unpaired) electrons. The molecule has 0 N–H and O–H groups in total. The number of allylic oxidation sites excluding steroid dienone is 2. The summed E-state index contributed by atoms with van der Waals surface area (Å²) in [7, 11) is 5.99. The summed E-state index contributed by atoms with van der Waals surface area (Å²) in [6, 6.07) is 0. The predicted octanol–water partition coefficient (Wildman–Crippen LogP) is 1.70. The van der Waals surface area contributed by atoms with Gasteiger partial charge in [0.2, 0.25) is 0 Å². The first-order chi connectivity index (χ1) is 8.54. The summed E-state index contributed by atoms with van der Waals surface area (Å²) >= 11 is 0. The van der Waals surface area contributed by atoms with Crippen LogP contribution in [0.3, 0.4) is 0 Å². The van der Waals surface area contributed by atoms with Crippen molar-refractivity contribution in [3.63, 3.8) is 0 Å². The number of ether oxygens (including phenoxy) is 1. The van der Waals surface area contributed by atoms with Crippen LogP contribution in [-0.2, 0) is 4.74 Å². The predicted molar refractivity (Wildman–Crippen MR) is 78.7 cm³/mol. The molecule has 4 heteroatoms. The van der Waals surface area contributed by atoms with Crippen LogP contribution >= 0.6 is 0 Å². The summed E-state index contributed by atoms with van der Waals surface area (Å²) in [5.74, 6) is 0. The lowest BCUT2D eigenvalue weighted by Gasteiger charge is -2.32. The normalized spacial score (nSPS) is 12.6. The van der Waals surface area contributed by atoms with Gasteiger partial charge in [-0.15, -0.1) is 0 Å². The van der Waals surface area contributed by atoms with Crippen LogP contribution < -0.4 is 0 Å². The molecule has 0 unspecified atom stereocenters. The van der Waals surface area contributed by atoms with Crippen LogP contribution in [0.2, 0.25) is 0 Å². The highest BCUT2D eigenvalue weighted by molar-refractivity contribution is 4.95. The van der Waals surface area contributed by atoms with E-state index in [2.05, 4.69) is 55.6 Å². The van der Waals surface area contributed by atoms with Gasteiger partial charge in [0.05, 0.1) is 13.3 Å². The summed E-state index contributed by atoms with van der Waals surface area (Å²) in [4.78, 5) is 7.06. The molecular weight excluding hydrogens is 226 g/mol. The fraction of sp³-hybridized carbons (Fsp3) is 0.857. The van der Waals surface area contributed by atoms with Crippen LogP contribution in [0.25, 0.3) is 0 Å². The van der Waals surface area contributed by atoms with Crippen molar-refractivity contribution in [3.05, 3.63) is 11.8 Å². The SMILES string of the molecule is CC=C(C)N(CCN(C)C)CN(CC)CCOC. The van der Waals surface area contributed by atoms with E-state index in [-0.39, 0.29) is 0 Å². The first-order valence-electron chi connectivity index (χ1n) is 6.79. The maximum absolute atomic E-state index is 5.16. The highest BCUT2D eigenvalue weighted by Gasteiger charge is 2.10. The topological polar surface area (TPSA) is 19.0 Å². The standard InChI is InChI=1S/C14H31N3O/c1-7-14(3)17(10-9-15(4)5)13-16(8-2)11-12-18-6/h7H,8-13H2,1-6H3. The van der Waals surface area contributed by atoms with E-state index >= 15 is 0 Å². The van der Waals surface area contributed by atoms with Crippen LogP contribution in [0, 0.1) is 0 Å². The lowest BCUT2D eigenvalue weighted by atomic mass is 10.3. The molecule has 0 spiro atoms. The molecule has 18 heavy (non-hydrogen) atoms. The highest BCUT2D eigenvalue weighted by Crippen LogP contribution is 2.05. The van der Waals surface area contributed by atoms with Crippen LogP contribution in [0.1, 0.15) is 20.8 Å². The quantitative estimate of drug-likeness (QED) is 0.554. The molecule has 0 amide bonds. The zero-order valence-corrected chi connectivity index (χ0v) is 13.1. The fourth-order valence-electron chi connectivity index (χ4n) is 1.65. The van der Waals surface area contributed by atoms with Crippen LogP contribution in [-0.4, -0.2) is 75.4 Å². The molecule has 0 rings (SSSR count). The summed E-state index contributed by atoms with van der Waals surface area (Å²) < 4.78 is 5.16. The maximum atomic E-state index is 5.16. The van der Waals surface area contributed by atoms with Gasteiger partial charge in [-0.3, -0.25) is 4.90 Å². The van der Waals surface area contributed by atoms with Crippen molar-refractivity contribution >= 4 is 0 Å². The van der Waals surface area contributed by atoms with Crippen LogP contribution in [0.4, 0.5) is 0 Å². The van der Waals surface area contributed by atoms with Crippen molar-refractivity contribution in [2.45, 2.75) is 20.8 Å². The van der Waals surface area contributed by atoms with Crippen molar-refractivity contribution in [1.82, 2.24) is 14.7 Å². The Morgan fingerprint density at radius 1 is 1.17 bits per heavy atom. The Labute approximate surface area is 113 Å². The zero-order chi connectivity index (χ0) is 14.0. The number of likely N-dealkylation sites (N-methyl/N-ethyl adjacent to an activating group) is 2. The molecule has 0 atom stereocenters. The third kappa shape index (κ3) is 7.69. The number of rotatable bonds is 10. The van der Waals surface area contributed by atoms with Crippen LogP contribution in [0.15, 0.2) is 11.8 Å². The molecular formula is C14H31N3O. The molecule has 0 bridgehead atoms. The van der Waals surface area contributed by atoms with E-state index in [0.717, 1.165) is 39.5 Å². The lowest BCUT2D eigenvalue weighted by molar-refractivity contribution is 0.110. The summed E-state index contributed by atoms with van der Waals surface area (Å²) in [6.07, 6.45) is 2.18. The van der Waals surface area contributed by atoms with Gasteiger partial charge in [0.1, 0.15) is 0 Å². The minimum Gasteiger partial charge on any atom is -0.383 e. The summed E-state index contributed by atoms with van der Waals surface area (Å²) in [6.45, 7) is 12.4. The molecule has 0 fully saturated rings. The summed E-state index contributed by atoms with van der Waals surface area (Å²) in [5, 5.41) is 0. The zero-order valence-electron chi connectivity index (χ0n) is 13.1. The molecule has 0 heterocycles. The van der Waals surface area contributed by atoms with Gasteiger partial charge < -0.3 is 14.5 Å². The molecule has 0 saturated heterocycles. The van der Waals surface area contributed by atoms with Gasteiger partial charge in [0.15, 0.2) is 0 Å². The van der Waals surface area contributed by atoms with E-state index in [4.69, 9.17) is 4.74 Å². The number of nitrogens with zero attached hydrogens (tertiary/aromatic N) is 3. The Bertz CT molecular complexity index is 229. The van der Waals surface area contributed by atoms with E-state index in [1.807, 2.05) is 0 Å². The third-order valence-corrected chi connectivity index (χ3v) is 3.16. The molecule has 0 aliphatic heterocycles. The van der Waals surface area contributed by atoms with Crippen LogP contribution in [0.5, 0.6) is 0 Å². The van der Waals surface area contributed by atoms with Gasteiger partial charge in [0.25, 0.3) is 0 Å². The maximum Gasteiger partial charge on any atom is 0.0705 e. The molecule has 0 aromatic rings. The van der Waals surface area contributed by atoms with E-state index in [0.29, 0.717) is 0 Å².